The summed E-state index contributed by atoms with van der Waals surface area (Å²) in [6.07, 6.45) is -11.3. The third kappa shape index (κ3) is 5.03. The molecule has 0 spiro atoms. The monoisotopic (exact) mass is 528 g/mol. The summed E-state index contributed by atoms with van der Waals surface area (Å²) < 4.78 is 91.2. The standard InChI is InChI=1S/C30H22F6O2/c1-19-3-7-21(8-4-19)27(37)22-9-15-25(16-10-22)38-26-17-13-24(14-18-26)28(29(31,32)33,30(34,35)36)23-11-5-20(2)6-12-23/h3-18H,1-2H3. The quantitative estimate of drug-likeness (QED) is 0.185. The predicted octanol–water partition coefficient (Wildman–Crippen LogP) is 8.74. The van der Waals surface area contributed by atoms with Gasteiger partial charge in [-0.2, -0.15) is 26.3 Å². The number of ketones is 1. The van der Waals surface area contributed by atoms with Crippen molar-refractivity contribution in [2.45, 2.75) is 31.6 Å². The Morgan fingerprint density at radius 1 is 0.526 bits per heavy atom. The van der Waals surface area contributed by atoms with Crippen molar-refractivity contribution in [3.63, 3.8) is 0 Å². The molecule has 38 heavy (non-hydrogen) atoms. The van der Waals surface area contributed by atoms with E-state index in [1.165, 1.54) is 36.4 Å². The van der Waals surface area contributed by atoms with E-state index in [9.17, 15) is 31.1 Å². The maximum Gasteiger partial charge on any atom is 0.411 e. The van der Waals surface area contributed by atoms with E-state index >= 15 is 0 Å². The van der Waals surface area contributed by atoms with Crippen LogP contribution in [0.5, 0.6) is 11.5 Å². The Bertz CT molecular complexity index is 1390. The molecule has 2 nitrogen and oxygen atoms in total. The normalized spacial score (nSPS) is 12.3. The van der Waals surface area contributed by atoms with Crippen LogP contribution >= 0.6 is 0 Å². The lowest BCUT2D eigenvalue weighted by atomic mass is 9.72. The third-order valence-corrected chi connectivity index (χ3v) is 6.29. The molecule has 196 valence electrons. The van der Waals surface area contributed by atoms with Gasteiger partial charge in [-0.3, -0.25) is 4.79 Å². The second-order valence-corrected chi connectivity index (χ2v) is 8.96. The van der Waals surface area contributed by atoms with Crippen molar-refractivity contribution >= 4 is 5.78 Å². The minimum atomic E-state index is -5.66. The first-order valence-corrected chi connectivity index (χ1v) is 11.5. The van der Waals surface area contributed by atoms with E-state index < -0.39 is 28.9 Å². The Kier molecular flexibility index (Phi) is 7.10. The fourth-order valence-corrected chi connectivity index (χ4v) is 4.24. The number of aryl methyl sites for hydroxylation is 2. The van der Waals surface area contributed by atoms with Gasteiger partial charge in [-0.25, -0.2) is 0 Å². The van der Waals surface area contributed by atoms with E-state index in [1.807, 2.05) is 19.1 Å². The largest absolute Gasteiger partial charge is 0.457 e. The SMILES string of the molecule is Cc1ccc(C(=O)c2ccc(Oc3ccc(C(c4ccc(C)cc4)(C(F)(F)F)C(F)(F)F)cc3)cc2)cc1. The van der Waals surface area contributed by atoms with Crippen molar-refractivity contribution in [3.8, 4) is 11.5 Å². The summed E-state index contributed by atoms with van der Waals surface area (Å²) in [4.78, 5) is 12.6. The molecule has 0 saturated heterocycles. The van der Waals surface area contributed by atoms with Gasteiger partial charge >= 0.3 is 12.4 Å². The van der Waals surface area contributed by atoms with Crippen LogP contribution in [0, 0.1) is 13.8 Å². The summed E-state index contributed by atoms with van der Waals surface area (Å²) in [6, 6.07) is 20.9. The molecule has 0 aliphatic rings. The molecule has 4 aromatic rings. The molecule has 0 fully saturated rings. The van der Waals surface area contributed by atoms with Gasteiger partial charge in [0.15, 0.2) is 5.78 Å². The smallest absolute Gasteiger partial charge is 0.411 e. The first-order chi connectivity index (χ1) is 17.8. The number of rotatable bonds is 6. The fraction of sp³-hybridized carbons (Fsp3) is 0.167. The summed E-state index contributed by atoms with van der Waals surface area (Å²) in [5.41, 5.74) is -3.68. The van der Waals surface area contributed by atoms with Crippen molar-refractivity contribution in [2.75, 3.05) is 0 Å². The maximum atomic E-state index is 14.3. The van der Waals surface area contributed by atoms with E-state index in [0.717, 1.165) is 42.0 Å². The minimum Gasteiger partial charge on any atom is -0.457 e. The van der Waals surface area contributed by atoms with Crippen molar-refractivity contribution < 1.29 is 35.9 Å². The lowest BCUT2D eigenvalue weighted by molar-refractivity contribution is -0.288. The van der Waals surface area contributed by atoms with Gasteiger partial charge in [-0.1, -0.05) is 71.8 Å². The van der Waals surface area contributed by atoms with E-state index in [0.29, 0.717) is 16.7 Å². The van der Waals surface area contributed by atoms with Crippen molar-refractivity contribution in [2.24, 2.45) is 0 Å². The fourth-order valence-electron chi connectivity index (χ4n) is 4.24. The number of hydrogen-bond acceptors (Lipinski definition) is 2. The van der Waals surface area contributed by atoms with E-state index in [-0.39, 0.29) is 17.3 Å². The topological polar surface area (TPSA) is 26.3 Å². The van der Waals surface area contributed by atoms with Gasteiger partial charge in [0.05, 0.1) is 0 Å². The van der Waals surface area contributed by atoms with Gasteiger partial charge in [-0.15, -0.1) is 0 Å². The maximum absolute atomic E-state index is 14.3. The van der Waals surface area contributed by atoms with Crippen LogP contribution in [0.25, 0.3) is 0 Å². The van der Waals surface area contributed by atoms with Crippen LogP contribution in [0.15, 0.2) is 97.1 Å². The summed E-state index contributed by atoms with van der Waals surface area (Å²) >= 11 is 0. The van der Waals surface area contributed by atoms with E-state index in [2.05, 4.69) is 0 Å². The lowest BCUT2D eigenvalue weighted by Gasteiger charge is -2.38. The minimum absolute atomic E-state index is 0.0357. The molecular weight excluding hydrogens is 506 g/mol. The average molecular weight is 528 g/mol. The van der Waals surface area contributed by atoms with Crippen LogP contribution < -0.4 is 4.74 Å². The molecule has 0 radical (unpaired) electrons. The van der Waals surface area contributed by atoms with Crippen LogP contribution in [0.1, 0.15) is 38.2 Å². The Morgan fingerprint density at radius 3 is 1.24 bits per heavy atom. The van der Waals surface area contributed by atoms with Crippen LogP contribution in [-0.4, -0.2) is 18.1 Å². The Hall–Kier alpha value is -4.07. The highest BCUT2D eigenvalue weighted by Crippen LogP contribution is 2.56. The summed E-state index contributed by atoms with van der Waals surface area (Å²) in [5.74, 6) is 0.0933. The van der Waals surface area contributed by atoms with Gasteiger partial charge in [0.25, 0.3) is 0 Å². The van der Waals surface area contributed by atoms with Gasteiger partial charge < -0.3 is 4.74 Å². The average Bonchev–Trinajstić information content (AvgIpc) is 2.85. The molecule has 0 aromatic heterocycles. The third-order valence-electron chi connectivity index (χ3n) is 6.29. The zero-order valence-electron chi connectivity index (χ0n) is 20.3. The Labute approximate surface area is 215 Å². The summed E-state index contributed by atoms with van der Waals surface area (Å²) in [5, 5.41) is 0. The van der Waals surface area contributed by atoms with Gasteiger partial charge in [0, 0.05) is 11.1 Å². The van der Waals surface area contributed by atoms with Crippen molar-refractivity contribution in [3.05, 3.63) is 130 Å². The molecule has 4 rings (SSSR count). The summed E-state index contributed by atoms with van der Waals surface area (Å²) in [7, 11) is 0. The van der Waals surface area contributed by atoms with Crippen LogP contribution in [-0.2, 0) is 5.41 Å². The highest BCUT2D eigenvalue weighted by Gasteiger charge is 2.72. The number of alkyl halides is 6. The first kappa shape index (κ1) is 27.0. The number of carbonyl (C=O) groups is 1. The molecule has 0 heterocycles. The molecule has 0 saturated carbocycles. The molecule has 0 amide bonds. The molecule has 0 N–H and O–H groups in total. The number of ether oxygens (including phenoxy) is 1. The van der Waals surface area contributed by atoms with Crippen LogP contribution in [0.2, 0.25) is 0 Å². The first-order valence-electron chi connectivity index (χ1n) is 11.5. The van der Waals surface area contributed by atoms with Crippen LogP contribution in [0.3, 0.4) is 0 Å². The lowest BCUT2D eigenvalue weighted by Crippen LogP contribution is -2.54. The number of halogens is 6. The molecular formula is C30H22F6O2. The van der Waals surface area contributed by atoms with Gasteiger partial charge in [-0.05, 0) is 61.4 Å². The van der Waals surface area contributed by atoms with Crippen molar-refractivity contribution in [1.29, 1.82) is 0 Å². The number of hydrogen-bond donors (Lipinski definition) is 0. The molecule has 4 aromatic carbocycles. The molecule has 0 aliphatic heterocycles. The second-order valence-electron chi connectivity index (χ2n) is 8.96. The van der Waals surface area contributed by atoms with Crippen LogP contribution in [0.4, 0.5) is 26.3 Å². The Morgan fingerprint density at radius 2 is 0.842 bits per heavy atom. The molecule has 8 heteroatoms. The van der Waals surface area contributed by atoms with E-state index in [4.69, 9.17) is 4.74 Å². The van der Waals surface area contributed by atoms with Gasteiger partial charge in [0.1, 0.15) is 11.5 Å². The van der Waals surface area contributed by atoms with E-state index in [1.54, 1.807) is 19.1 Å². The molecule has 0 unspecified atom stereocenters. The second kappa shape index (κ2) is 10.0. The Balaban J connectivity index is 1.62. The molecule has 0 bridgehead atoms. The highest BCUT2D eigenvalue weighted by atomic mass is 19.4. The highest BCUT2D eigenvalue weighted by molar-refractivity contribution is 6.09. The molecule has 0 aliphatic carbocycles. The zero-order chi connectivity index (χ0) is 27.7. The molecule has 0 atom stereocenters. The predicted molar refractivity (Wildman–Crippen MR) is 132 cm³/mol. The van der Waals surface area contributed by atoms with Gasteiger partial charge in [0.2, 0.25) is 5.41 Å². The van der Waals surface area contributed by atoms with Crippen molar-refractivity contribution in [1.82, 2.24) is 0 Å². The number of benzene rings is 4. The number of carbonyl (C=O) groups excluding carboxylic acids is 1. The summed E-state index contributed by atoms with van der Waals surface area (Å²) in [6.45, 7) is 3.48. The zero-order valence-corrected chi connectivity index (χ0v) is 20.3.